The van der Waals surface area contributed by atoms with E-state index in [2.05, 4.69) is 20.4 Å². The Balaban J connectivity index is 1.85. The summed E-state index contributed by atoms with van der Waals surface area (Å²) < 4.78 is 14.7. The molecule has 0 saturated carbocycles. The molecule has 0 unspecified atom stereocenters. The number of nitrogens with one attached hydrogen (secondary N) is 1. The van der Waals surface area contributed by atoms with Crippen molar-refractivity contribution in [1.29, 1.82) is 0 Å². The average molecular weight is 314 g/mol. The number of benzene rings is 1. The van der Waals surface area contributed by atoms with Gasteiger partial charge in [-0.15, -0.1) is 0 Å². The quantitative estimate of drug-likeness (QED) is 0.760. The van der Waals surface area contributed by atoms with E-state index < -0.39 is 0 Å². The minimum Gasteiger partial charge on any atom is -0.380 e. The normalized spacial score (nSPS) is 10.9. The molecule has 23 heavy (non-hydrogen) atoms. The maximum absolute atomic E-state index is 13.3. The van der Waals surface area contributed by atoms with E-state index in [1.165, 1.54) is 17.1 Å². The lowest BCUT2D eigenvalue weighted by Gasteiger charge is -2.07. The van der Waals surface area contributed by atoms with Crippen molar-refractivity contribution in [1.82, 2.24) is 25.1 Å². The lowest BCUT2D eigenvalue weighted by Crippen LogP contribution is -2.24. The molecule has 0 atom stereocenters. The monoisotopic (exact) mass is 314 g/mol. The second kappa shape index (κ2) is 5.64. The number of fused-ring (bicyclic) bond motifs is 1. The van der Waals surface area contributed by atoms with E-state index in [-0.39, 0.29) is 29.8 Å². The third kappa shape index (κ3) is 2.70. The predicted molar refractivity (Wildman–Crippen MR) is 83.0 cm³/mol. The van der Waals surface area contributed by atoms with Crippen molar-refractivity contribution in [3.05, 3.63) is 47.2 Å². The summed E-state index contributed by atoms with van der Waals surface area (Å²) in [6.07, 6.45) is 1.28. The van der Waals surface area contributed by atoms with Gasteiger partial charge in [0, 0.05) is 13.6 Å². The van der Waals surface area contributed by atoms with Gasteiger partial charge in [-0.3, -0.25) is 9.48 Å². The molecule has 0 spiro atoms. The van der Waals surface area contributed by atoms with Gasteiger partial charge in [-0.05, 0) is 24.1 Å². The number of nitrogen functional groups attached to an aromatic ring is 1. The van der Waals surface area contributed by atoms with E-state index in [1.807, 2.05) is 0 Å². The van der Waals surface area contributed by atoms with Crippen LogP contribution in [0.2, 0.25) is 0 Å². The Morgan fingerprint density at radius 3 is 2.91 bits per heavy atom. The molecule has 7 nitrogen and oxygen atoms in total. The minimum atomic E-state index is -0.373. The Labute approximate surface area is 131 Å². The number of aromatic nitrogens is 4. The Bertz CT molecular complexity index is 904. The van der Waals surface area contributed by atoms with Crippen molar-refractivity contribution in [2.75, 3.05) is 5.73 Å². The molecular formula is C15H15FN6O. The van der Waals surface area contributed by atoms with Crippen LogP contribution in [0.3, 0.4) is 0 Å². The first kappa shape index (κ1) is 14.9. The molecule has 0 radical (unpaired) electrons. The van der Waals surface area contributed by atoms with Gasteiger partial charge in [-0.1, -0.05) is 12.1 Å². The summed E-state index contributed by atoms with van der Waals surface area (Å²) in [5.41, 5.74) is 8.18. The minimum absolute atomic E-state index is 0.195. The van der Waals surface area contributed by atoms with Crippen LogP contribution in [0.1, 0.15) is 21.6 Å². The molecule has 0 aliphatic heterocycles. The van der Waals surface area contributed by atoms with Crippen molar-refractivity contribution >= 4 is 22.8 Å². The first-order valence-electron chi connectivity index (χ1n) is 6.93. The lowest BCUT2D eigenvalue weighted by molar-refractivity contribution is 0.0947. The zero-order valence-electron chi connectivity index (χ0n) is 12.7. The molecule has 8 heteroatoms. The number of nitrogens with two attached hydrogens (primary N) is 1. The third-order valence-corrected chi connectivity index (χ3v) is 3.54. The van der Waals surface area contributed by atoms with Crippen LogP contribution in [0.4, 0.5) is 10.2 Å². The molecule has 0 aliphatic rings. The number of hydrogen-bond acceptors (Lipinski definition) is 5. The van der Waals surface area contributed by atoms with Crippen molar-refractivity contribution < 1.29 is 9.18 Å². The smallest absolute Gasteiger partial charge is 0.272 e. The van der Waals surface area contributed by atoms with Gasteiger partial charge in [0.25, 0.3) is 5.91 Å². The maximum Gasteiger partial charge on any atom is 0.272 e. The number of rotatable bonds is 3. The van der Waals surface area contributed by atoms with Crippen molar-refractivity contribution in [3.8, 4) is 0 Å². The number of carbonyl (C=O) groups is 1. The zero-order valence-corrected chi connectivity index (χ0v) is 12.7. The fourth-order valence-corrected chi connectivity index (χ4v) is 2.38. The molecule has 3 aromatic rings. The van der Waals surface area contributed by atoms with Gasteiger partial charge in [-0.25, -0.2) is 14.4 Å². The predicted octanol–water partition coefficient (Wildman–Crippen LogP) is 1.32. The summed E-state index contributed by atoms with van der Waals surface area (Å²) >= 11 is 0. The highest BCUT2D eigenvalue weighted by atomic mass is 19.1. The number of carbonyl (C=O) groups excluding carboxylic acids is 1. The van der Waals surface area contributed by atoms with Crippen LogP contribution in [0.25, 0.3) is 11.0 Å². The highest BCUT2D eigenvalue weighted by molar-refractivity contribution is 6.04. The molecule has 0 aliphatic carbocycles. The number of halogens is 1. The first-order valence-corrected chi connectivity index (χ1v) is 6.93. The van der Waals surface area contributed by atoms with E-state index in [1.54, 1.807) is 26.1 Å². The highest BCUT2D eigenvalue weighted by Crippen LogP contribution is 2.19. The number of nitrogens with zero attached hydrogens (tertiary/aromatic N) is 4. The van der Waals surface area contributed by atoms with Gasteiger partial charge in [0.1, 0.15) is 23.2 Å². The van der Waals surface area contributed by atoms with Crippen LogP contribution in [0, 0.1) is 12.7 Å². The summed E-state index contributed by atoms with van der Waals surface area (Å²) in [5, 5.41) is 6.80. The van der Waals surface area contributed by atoms with E-state index in [0.717, 1.165) is 5.56 Å². The Morgan fingerprint density at radius 2 is 2.17 bits per heavy atom. The molecule has 0 bridgehead atoms. The lowest BCUT2D eigenvalue weighted by atomic mass is 10.1. The Kier molecular flexibility index (Phi) is 3.65. The fourth-order valence-electron chi connectivity index (χ4n) is 2.38. The number of amides is 1. The van der Waals surface area contributed by atoms with Crippen LogP contribution < -0.4 is 11.1 Å². The van der Waals surface area contributed by atoms with Crippen LogP contribution in [-0.4, -0.2) is 25.7 Å². The number of aryl methyl sites for hydroxylation is 2. The Hall–Kier alpha value is -3.03. The molecule has 2 aromatic heterocycles. The molecular weight excluding hydrogens is 299 g/mol. The van der Waals surface area contributed by atoms with Crippen LogP contribution in [0.5, 0.6) is 0 Å². The average Bonchev–Trinajstić information content (AvgIpc) is 2.83. The molecule has 0 fully saturated rings. The molecule has 3 rings (SSSR count). The van der Waals surface area contributed by atoms with Crippen molar-refractivity contribution in [2.24, 2.45) is 7.05 Å². The Morgan fingerprint density at radius 1 is 1.39 bits per heavy atom. The topological polar surface area (TPSA) is 98.7 Å². The van der Waals surface area contributed by atoms with Gasteiger partial charge < -0.3 is 11.1 Å². The number of anilines is 1. The largest absolute Gasteiger partial charge is 0.380 e. The van der Waals surface area contributed by atoms with Crippen LogP contribution in [0.15, 0.2) is 24.5 Å². The van der Waals surface area contributed by atoms with Crippen molar-refractivity contribution in [3.63, 3.8) is 0 Å². The molecule has 3 N–H and O–H groups in total. The highest BCUT2D eigenvalue weighted by Gasteiger charge is 2.18. The van der Waals surface area contributed by atoms with Crippen molar-refractivity contribution in [2.45, 2.75) is 13.5 Å². The van der Waals surface area contributed by atoms with E-state index >= 15 is 0 Å². The second-order valence-electron chi connectivity index (χ2n) is 5.19. The molecule has 118 valence electrons. The van der Waals surface area contributed by atoms with Crippen LogP contribution in [-0.2, 0) is 13.6 Å². The van der Waals surface area contributed by atoms with Gasteiger partial charge in [0.15, 0.2) is 11.5 Å². The third-order valence-electron chi connectivity index (χ3n) is 3.54. The van der Waals surface area contributed by atoms with Gasteiger partial charge in [0.2, 0.25) is 0 Å². The summed E-state index contributed by atoms with van der Waals surface area (Å²) in [5.74, 6) is -0.404. The van der Waals surface area contributed by atoms with Gasteiger partial charge >= 0.3 is 0 Å². The SMILES string of the molecule is Cc1cc(CNC(=O)c2ncnc3c(N)nn(C)c23)ccc1F. The summed E-state index contributed by atoms with van der Waals surface area (Å²) in [7, 11) is 1.67. The number of hydrogen-bond donors (Lipinski definition) is 2. The maximum atomic E-state index is 13.3. The molecule has 2 heterocycles. The standard InChI is InChI=1S/C15H15FN6O/c1-8-5-9(3-4-10(8)16)6-18-15(23)12-13-11(19-7-20-12)14(17)21-22(13)2/h3-5,7H,6H2,1-2H3,(H2,17,21)(H,18,23). The van der Waals surface area contributed by atoms with Gasteiger partial charge in [0.05, 0.1) is 0 Å². The summed E-state index contributed by atoms with van der Waals surface area (Å²) in [4.78, 5) is 20.5. The first-order chi connectivity index (χ1) is 11.0. The zero-order chi connectivity index (χ0) is 16.6. The summed E-state index contributed by atoms with van der Waals surface area (Å²) in [6, 6.07) is 4.69. The van der Waals surface area contributed by atoms with Gasteiger partial charge in [-0.2, -0.15) is 5.10 Å². The van der Waals surface area contributed by atoms with E-state index in [9.17, 15) is 9.18 Å². The fraction of sp³-hybridized carbons (Fsp3) is 0.200. The molecule has 0 saturated heterocycles. The second-order valence-corrected chi connectivity index (χ2v) is 5.19. The molecule has 1 amide bonds. The molecule has 1 aromatic carbocycles. The van der Waals surface area contributed by atoms with Crippen LogP contribution >= 0.6 is 0 Å². The summed E-state index contributed by atoms with van der Waals surface area (Å²) in [6.45, 7) is 1.94. The van der Waals surface area contributed by atoms with E-state index in [0.29, 0.717) is 16.6 Å². The van der Waals surface area contributed by atoms with E-state index in [4.69, 9.17) is 5.73 Å².